The molecule has 0 atom stereocenters. The summed E-state index contributed by atoms with van der Waals surface area (Å²) < 4.78 is 11.0. The van der Waals surface area contributed by atoms with E-state index in [2.05, 4.69) is 10.2 Å². The first kappa shape index (κ1) is 28.2. The molecule has 1 aliphatic heterocycles. The molecule has 2 heterocycles. The van der Waals surface area contributed by atoms with Crippen LogP contribution in [0.5, 0.6) is 0 Å². The molecule has 0 fully saturated rings. The number of H-pyrrole nitrogens is 1. The van der Waals surface area contributed by atoms with E-state index in [-0.39, 0.29) is 52.5 Å². The average Bonchev–Trinajstić information content (AvgIpc) is 3.46. The summed E-state index contributed by atoms with van der Waals surface area (Å²) in [6, 6.07) is 10.3. The molecule has 1 amide bonds. The highest BCUT2D eigenvalue weighted by atomic mass is 16.5. The van der Waals surface area contributed by atoms with Gasteiger partial charge in [0.25, 0.3) is 11.5 Å². The second-order valence-electron chi connectivity index (χ2n) is 8.31. The van der Waals surface area contributed by atoms with Crippen molar-refractivity contribution in [2.45, 2.75) is 13.8 Å². The summed E-state index contributed by atoms with van der Waals surface area (Å²) in [5.41, 5.74) is -2.11. The van der Waals surface area contributed by atoms with Gasteiger partial charge in [-0.25, -0.2) is 23.9 Å². The van der Waals surface area contributed by atoms with Crippen molar-refractivity contribution in [3.63, 3.8) is 0 Å². The number of esters is 2. The first-order chi connectivity index (χ1) is 19.6. The highest BCUT2D eigenvalue weighted by Crippen LogP contribution is 2.26. The number of aromatic amines is 1. The number of ether oxygens (including phenoxy) is 2. The molecule has 0 aliphatic carbocycles. The van der Waals surface area contributed by atoms with Crippen LogP contribution in [0.4, 0.5) is 5.69 Å². The largest absolute Gasteiger partial charge is 0.478 e. The second kappa shape index (κ2) is 11.5. The normalized spacial score (nSPS) is 13.7. The van der Waals surface area contributed by atoms with E-state index in [0.29, 0.717) is 0 Å². The quantitative estimate of drug-likeness (QED) is 0.256. The highest BCUT2D eigenvalue weighted by molar-refractivity contribution is 6.54. The van der Waals surface area contributed by atoms with E-state index in [0.717, 1.165) is 15.8 Å². The van der Waals surface area contributed by atoms with E-state index in [9.17, 15) is 28.8 Å². The Balaban J connectivity index is 1.86. The molecular formula is C27H22N4O10. The van der Waals surface area contributed by atoms with E-state index >= 15 is 0 Å². The molecule has 0 saturated heterocycles. The van der Waals surface area contributed by atoms with Gasteiger partial charge in [0.05, 0.1) is 46.9 Å². The van der Waals surface area contributed by atoms with Crippen molar-refractivity contribution in [3.05, 3.63) is 86.8 Å². The standard InChI is InChI=1S/C27H22N4O10/c1-3-40-26(38)20-18(22(32)30(28-20)16-9-5-14(6-10-16)24(34)35)13-19-21(27(39)41-4-2)29-31(23(19)33)17-11-7-15(8-12-17)25(36)37/h5-13,28H,3-4H2,1-2H3,(H,34,35)(H,36,37). The smallest absolute Gasteiger partial charge is 0.359 e. The number of hydrazone groups is 1. The molecule has 1 aliphatic rings. The molecule has 41 heavy (non-hydrogen) atoms. The number of aromatic nitrogens is 2. The highest BCUT2D eigenvalue weighted by Gasteiger charge is 2.37. The lowest BCUT2D eigenvalue weighted by Gasteiger charge is -2.11. The zero-order valence-corrected chi connectivity index (χ0v) is 21.6. The van der Waals surface area contributed by atoms with Crippen molar-refractivity contribution in [2.75, 3.05) is 18.2 Å². The predicted molar refractivity (Wildman–Crippen MR) is 142 cm³/mol. The Morgan fingerprint density at radius 1 is 0.829 bits per heavy atom. The fourth-order valence-corrected chi connectivity index (χ4v) is 3.84. The maximum atomic E-state index is 13.5. The van der Waals surface area contributed by atoms with Gasteiger partial charge in [-0.1, -0.05) is 0 Å². The number of carbonyl (C=O) groups excluding carboxylic acids is 3. The third kappa shape index (κ3) is 5.52. The zero-order valence-electron chi connectivity index (χ0n) is 21.6. The third-order valence-corrected chi connectivity index (χ3v) is 5.77. The van der Waals surface area contributed by atoms with Gasteiger partial charge in [0.15, 0.2) is 11.4 Å². The van der Waals surface area contributed by atoms with Crippen LogP contribution in [0, 0.1) is 0 Å². The number of nitrogens with one attached hydrogen (secondary N) is 1. The minimum atomic E-state index is -1.19. The van der Waals surface area contributed by atoms with Gasteiger partial charge in [0.2, 0.25) is 0 Å². The second-order valence-corrected chi connectivity index (χ2v) is 8.31. The predicted octanol–water partition coefficient (Wildman–Crippen LogP) is 2.09. The summed E-state index contributed by atoms with van der Waals surface area (Å²) in [6.45, 7) is 3.00. The summed E-state index contributed by atoms with van der Waals surface area (Å²) in [5.74, 6) is -5.13. The maximum absolute atomic E-state index is 13.5. The van der Waals surface area contributed by atoms with E-state index < -0.39 is 41.1 Å². The number of nitrogens with zero attached hydrogens (tertiary/aromatic N) is 3. The van der Waals surface area contributed by atoms with Crippen molar-refractivity contribution < 1.29 is 43.7 Å². The maximum Gasteiger partial charge on any atom is 0.359 e. The fourth-order valence-electron chi connectivity index (χ4n) is 3.84. The zero-order chi connectivity index (χ0) is 29.8. The lowest BCUT2D eigenvalue weighted by atomic mass is 10.1. The Hall–Kier alpha value is -5.79. The van der Waals surface area contributed by atoms with Crippen molar-refractivity contribution >= 4 is 47.3 Å². The Morgan fingerprint density at radius 3 is 1.85 bits per heavy atom. The number of carboxylic acid groups (broad SMARTS) is 2. The average molecular weight is 562 g/mol. The molecule has 0 spiro atoms. The Labute approximate surface area is 230 Å². The van der Waals surface area contributed by atoms with Crippen molar-refractivity contribution in [1.82, 2.24) is 9.78 Å². The summed E-state index contributed by atoms with van der Waals surface area (Å²) >= 11 is 0. The van der Waals surface area contributed by atoms with E-state index in [1.807, 2.05) is 0 Å². The molecule has 0 unspecified atom stereocenters. The van der Waals surface area contributed by atoms with Crippen LogP contribution in [0.3, 0.4) is 0 Å². The summed E-state index contributed by atoms with van der Waals surface area (Å²) in [7, 11) is 0. The summed E-state index contributed by atoms with van der Waals surface area (Å²) in [5, 5.41) is 25.8. The molecule has 1 aromatic heterocycles. The first-order valence-corrected chi connectivity index (χ1v) is 12.1. The van der Waals surface area contributed by atoms with Crippen LogP contribution >= 0.6 is 0 Å². The number of aromatic carboxylic acids is 2. The van der Waals surface area contributed by atoms with Gasteiger partial charge in [0, 0.05) is 0 Å². The number of hydrogen-bond acceptors (Lipinski definition) is 9. The topological polar surface area (TPSA) is 198 Å². The van der Waals surface area contributed by atoms with Gasteiger partial charge in [0.1, 0.15) is 0 Å². The number of carboxylic acids is 2. The SMILES string of the molecule is CCOC(=O)C1=NN(c2ccc(C(=O)O)cc2)C(=O)C1=Cc1c(C(=O)OCC)[nH]n(-c2ccc(C(=O)O)cc2)c1=O. The molecule has 14 nitrogen and oxygen atoms in total. The van der Waals surface area contributed by atoms with Gasteiger partial charge in [-0.05, 0) is 68.5 Å². The minimum absolute atomic E-state index is 0.0374. The molecule has 210 valence electrons. The van der Waals surface area contributed by atoms with Crippen LogP contribution in [0.15, 0.2) is 64.0 Å². The number of anilines is 1. The Bertz CT molecular complexity index is 1680. The van der Waals surface area contributed by atoms with Gasteiger partial charge in [-0.2, -0.15) is 10.1 Å². The van der Waals surface area contributed by atoms with Crippen molar-refractivity contribution in [3.8, 4) is 5.69 Å². The summed E-state index contributed by atoms with van der Waals surface area (Å²) in [6.07, 6.45) is 1.01. The molecule has 0 bridgehead atoms. The van der Waals surface area contributed by atoms with Gasteiger partial charge < -0.3 is 19.7 Å². The molecule has 14 heteroatoms. The van der Waals surface area contributed by atoms with E-state index in [1.165, 1.54) is 48.5 Å². The molecule has 3 N–H and O–H groups in total. The number of benzene rings is 2. The number of hydrogen-bond donors (Lipinski definition) is 3. The van der Waals surface area contributed by atoms with Crippen LogP contribution < -0.4 is 10.6 Å². The van der Waals surface area contributed by atoms with Gasteiger partial charge in [-0.15, -0.1) is 0 Å². The number of amides is 1. The summed E-state index contributed by atoms with van der Waals surface area (Å²) in [4.78, 5) is 74.9. The van der Waals surface area contributed by atoms with Crippen molar-refractivity contribution in [2.24, 2.45) is 5.10 Å². The number of rotatable bonds is 9. The minimum Gasteiger partial charge on any atom is -0.478 e. The van der Waals surface area contributed by atoms with Crippen LogP contribution in [-0.4, -0.2) is 68.7 Å². The molecule has 0 radical (unpaired) electrons. The van der Waals surface area contributed by atoms with Crippen LogP contribution in [0.2, 0.25) is 0 Å². The fraction of sp³-hybridized carbons (Fsp3) is 0.148. The van der Waals surface area contributed by atoms with Crippen LogP contribution in [-0.2, 0) is 19.1 Å². The van der Waals surface area contributed by atoms with Gasteiger partial charge >= 0.3 is 23.9 Å². The van der Waals surface area contributed by atoms with E-state index in [4.69, 9.17) is 19.7 Å². The third-order valence-electron chi connectivity index (χ3n) is 5.77. The lowest BCUT2D eigenvalue weighted by Crippen LogP contribution is -2.24. The molecule has 4 rings (SSSR count). The molecular weight excluding hydrogens is 540 g/mol. The Morgan fingerprint density at radius 2 is 1.34 bits per heavy atom. The monoisotopic (exact) mass is 562 g/mol. The van der Waals surface area contributed by atoms with Crippen LogP contribution in [0.25, 0.3) is 11.8 Å². The molecule has 2 aromatic carbocycles. The van der Waals surface area contributed by atoms with E-state index in [1.54, 1.807) is 13.8 Å². The molecule has 3 aromatic rings. The lowest BCUT2D eigenvalue weighted by molar-refractivity contribution is -0.135. The number of carbonyl (C=O) groups is 5. The molecule has 0 saturated carbocycles. The van der Waals surface area contributed by atoms with Crippen molar-refractivity contribution in [1.29, 1.82) is 0 Å². The Kier molecular flexibility index (Phi) is 7.94. The first-order valence-electron chi connectivity index (χ1n) is 12.1. The van der Waals surface area contributed by atoms with Crippen LogP contribution in [0.1, 0.15) is 50.6 Å². The van der Waals surface area contributed by atoms with Gasteiger partial charge in [-0.3, -0.25) is 14.7 Å².